The second kappa shape index (κ2) is 9.02. The minimum atomic E-state index is 0.187. The monoisotopic (exact) mass is 360 g/mol. The van der Waals surface area contributed by atoms with Gasteiger partial charge in [0.05, 0.1) is 0 Å². The molecule has 1 heterocycles. The zero-order chi connectivity index (χ0) is 15.9. The molecule has 1 fully saturated rings. The summed E-state index contributed by atoms with van der Waals surface area (Å²) in [5.41, 5.74) is 1.08. The van der Waals surface area contributed by atoms with Gasteiger partial charge < -0.3 is 10.2 Å². The Morgan fingerprint density at radius 1 is 1.36 bits per heavy atom. The van der Waals surface area contributed by atoms with Gasteiger partial charge in [-0.05, 0) is 50.7 Å². The summed E-state index contributed by atoms with van der Waals surface area (Å²) < 4.78 is 0. The van der Waals surface area contributed by atoms with Crippen molar-refractivity contribution in [3.63, 3.8) is 0 Å². The van der Waals surface area contributed by atoms with E-state index in [1.165, 1.54) is 0 Å². The van der Waals surface area contributed by atoms with Crippen LogP contribution in [0.2, 0.25) is 10.0 Å². The molecule has 3 nitrogen and oxygen atoms in total. The van der Waals surface area contributed by atoms with Crippen LogP contribution in [0.1, 0.15) is 18.4 Å². The van der Waals surface area contributed by atoms with Crippen LogP contribution in [0.4, 0.5) is 0 Å². The van der Waals surface area contributed by atoms with Crippen molar-refractivity contribution in [1.29, 1.82) is 0 Å². The zero-order valence-corrected chi connectivity index (χ0v) is 15.1. The van der Waals surface area contributed by atoms with E-state index in [1.54, 1.807) is 17.8 Å². The first-order valence-corrected chi connectivity index (χ1v) is 9.45. The maximum absolute atomic E-state index is 12.1. The highest BCUT2D eigenvalue weighted by Crippen LogP contribution is 2.24. The van der Waals surface area contributed by atoms with Gasteiger partial charge in [0.2, 0.25) is 5.91 Å². The third-order valence-electron chi connectivity index (χ3n) is 3.91. The first-order valence-electron chi connectivity index (χ1n) is 7.54. The quantitative estimate of drug-likeness (QED) is 0.785. The molecule has 0 aliphatic carbocycles. The van der Waals surface area contributed by atoms with Crippen LogP contribution in [0.5, 0.6) is 0 Å². The smallest absolute Gasteiger partial charge is 0.223 e. The summed E-state index contributed by atoms with van der Waals surface area (Å²) in [5, 5.41) is 4.41. The molecule has 0 bridgehead atoms. The lowest BCUT2D eigenvalue weighted by Crippen LogP contribution is -2.39. The Morgan fingerprint density at radius 2 is 2.09 bits per heavy atom. The summed E-state index contributed by atoms with van der Waals surface area (Å²) >= 11 is 13.8. The van der Waals surface area contributed by atoms with Gasteiger partial charge in [0.25, 0.3) is 0 Å². The number of likely N-dealkylation sites (tertiary alicyclic amines) is 1. The molecule has 0 radical (unpaired) electrons. The largest absolute Gasteiger partial charge is 0.355 e. The molecule has 0 saturated carbocycles. The van der Waals surface area contributed by atoms with Crippen LogP contribution in [0, 0.1) is 5.92 Å². The van der Waals surface area contributed by atoms with Crippen LogP contribution in [-0.4, -0.2) is 43.2 Å². The molecule has 6 heteroatoms. The summed E-state index contributed by atoms with van der Waals surface area (Å²) in [6.07, 6.45) is 1.94. The van der Waals surface area contributed by atoms with Gasteiger partial charge in [-0.1, -0.05) is 29.3 Å². The van der Waals surface area contributed by atoms with E-state index >= 15 is 0 Å². The molecule has 22 heavy (non-hydrogen) atoms. The minimum Gasteiger partial charge on any atom is -0.355 e. The lowest BCUT2D eigenvalue weighted by molar-refractivity contribution is -0.126. The van der Waals surface area contributed by atoms with Crippen molar-refractivity contribution in [3.8, 4) is 0 Å². The number of halogens is 2. The number of hydrogen-bond acceptors (Lipinski definition) is 3. The Hall–Kier alpha value is -0.420. The Kier molecular flexibility index (Phi) is 7.35. The van der Waals surface area contributed by atoms with Gasteiger partial charge >= 0.3 is 0 Å². The van der Waals surface area contributed by atoms with Crippen molar-refractivity contribution in [2.45, 2.75) is 18.6 Å². The molecule has 1 saturated heterocycles. The number of nitrogens with zero attached hydrogens (tertiary/aromatic N) is 1. The number of piperidine rings is 1. The average molecular weight is 361 g/mol. The fraction of sp³-hybridized carbons (Fsp3) is 0.562. The highest BCUT2D eigenvalue weighted by molar-refractivity contribution is 7.98. The van der Waals surface area contributed by atoms with E-state index in [0.717, 1.165) is 43.0 Å². The summed E-state index contributed by atoms with van der Waals surface area (Å²) in [7, 11) is 2.10. The molecule has 0 atom stereocenters. The number of hydrogen-bond donors (Lipinski definition) is 1. The first-order chi connectivity index (χ1) is 10.6. The molecule has 0 aromatic heterocycles. The van der Waals surface area contributed by atoms with E-state index < -0.39 is 0 Å². The Morgan fingerprint density at radius 3 is 2.77 bits per heavy atom. The predicted octanol–water partition coefficient (Wildman–Crippen LogP) is 3.68. The van der Waals surface area contributed by atoms with Crippen molar-refractivity contribution >= 4 is 40.9 Å². The number of nitrogens with one attached hydrogen (secondary N) is 1. The summed E-state index contributed by atoms with van der Waals surface area (Å²) in [6, 6.07) is 5.57. The number of rotatable bonds is 6. The first kappa shape index (κ1) is 17.9. The lowest BCUT2D eigenvalue weighted by atomic mass is 9.96. The Labute approximate surface area is 146 Å². The van der Waals surface area contributed by atoms with Crippen LogP contribution >= 0.6 is 35.0 Å². The maximum atomic E-state index is 12.1. The topological polar surface area (TPSA) is 32.3 Å². The average Bonchev–Trinajstić information content (AvgIpc) is 2.49. The molecule has 2 rings (SSSR count). The SMILES string of the molecule is CN1CCC(C(=O)NCCSCc2ccc(Cl)cc2Cl)CC1. The fourth-order valence-electron chi connectivity index (χ4n) is 2.48. The molecular weight excluding hydrogens is 339 g/mol. The van der Waals surface area contributed by atoms with Crippen LogP contribution in [0.25, 0.3) is 0 Å². The van der Waals surface area contributed by atoms with E-state index in [2.05, 4.69) is 17.3 Å². The van der Waals surface area contributed by atoms with E-state index in [9.17, 15) is 4.79 Å². The van der Waals surface area contributed by atoms with Crippen molar-refractivity contribution in [2.75, 3.05) is 32.4 Å². The summed E-state index contributed by atoms with van der Waals surface area (Å²) in [6.45, 7) is 2.74. The Bertz CT molecular complexity index is 505. The maximum Gasteiger partial charge on any atom is 0.223 e. The van der Waals surface area contributed by atoms with Crippen molar-refractivity contribution in [1.82, 2.24) is 10.2 Å². The minimum absolute atomic E-state index is 0.187. The number of benzene rings is 1. The van der Waals surface area contributed by atoms with Gasteiger partial charge in [0.15, 0.2) is 0 Å². The van der Waals surface area contributed by atoms with E-state index in [-0.39, 0.29) is 11.8 Å². The Balaban J connectivity index is 1.62. The van der Waals surface area contributed by atoms with Crippen LogP contribution in [0.3, 0.4) is 0 Å². The fourth-order valence-corrected chi connectivity index (χ4v) is 3.90. The van der Waals surface area contributed by atoms with Gasteiger partial charge in [-0.3, -0.25) is 4.79 Å². The molecule has 1 aliphatic heterocycles. The van der Waals surface area contributed by atoms with Crippen LogP contribution in [-0.2, 0) is 10.5 Å². The normalized spacial score (nSPS) is 16.7. The molecule has 122 valence electrons. The third-order valence-corrected chi connectivity index (χ3v) is 5.50. The molecule has 1 aromatic carbocycles. The molecule has 1 amide bonds. The van der Waals surface area contributed by atoms with Crippen molar-refractivity contribution < 1.29 is 4.79 Å². The van der Waals surface area contributed by atoms with E-state index in [1.807, 2.05) is 12.1 Å². The number of carbonyl (C=O) groups is 1. The van der Waals surface area contributed by atoms with Gasteiger partial charge in [-0.25, -0.2) is 0 Å². The van der Waals surface area contributed by atoms with E-state index in [4.69, 9.17) is 23.2 Å². The molecular formula is C16H22Cl2N2OS. The zero-order valence-electron chi connectivity index (χ0n) is 12.8. The summed E-state index contributed by atoms with van der Waals surface area (Å²) in [5.74, 6) is 2.11. The number of thioether (sulfide) groups is 1. The van der Waals surface area contributed by atoms with Crippen molar-refractivity contribution in [2.24, 2.45) is 5.92 Å². The van der Waals surface area contributed by atoms with E-state index in [0.29, 0.717) is 16.6 Å². The molecule has 1 aromatic rings. The van der Waals surface area contributed by atoms with Crippen LogP contribution < -0.4 is 5.32 Å². The standard InChI is InChI=1S/C16H22Cl2N2OS/c1-20-7-4-12(5-8-20)16(21)19-6-9-22-11-13-2-3-14(17)10-15(13)18/h2-3,10,12H,4-9,11H2,1H3,(H,19,21). The number of amides is 1. The van der Waals surface area contributed by atoms with Gasteiger partial charge in [0, 0.05) is 34.0 Å². The van der Waals surface area contributed by atoms with Crippen LogP contribution in [0.15, 0.2) is 18.2 Å². The molecule has 0 spiro atoms. The van der Waals surface area contributed by atoms with Gasteiger partial charge in [-0.15, -0.1) is 0 Å². The molecule has 1 N–H and O–H groups in total. The lowest BCUT2D eigenvalue weighted by Gasteiger charge is -2.28. The third kappa shape index (κ3) is 5.65. The second-order valence-corrected chi connectivity index (χ2v) is 7.61. The van der Waals surface area contributed by atoms with Gasteiger partial charge in [-0.2, -0.15) is 11.8 Å². The highest BCUT2D eigenvalue weighted by atomic mass is 35.5. The number of carbonyl (C=O) groups excluding carboxylic acids is 1. The van der Waals surface area contributed by atoms with Gasteiger partial charge in [0.1, 0.15) is 0 Å². The van der Waals surface area contributed by atoms with Crippen molar-refractivity contribution in [3.05, 3.63) is 33.8 Å². The predicted molar refractivity (Wildman–Crippen MR) is 95.9 cm³/mol. The molecule has 0 unspecified atom stereocenters. The second-order valence-electron chi connectivity index (χ2n) is 5.66. The molecule has 1 aliphatic rings. The highest BCUT2D eigenvalue weighted by Gasteiger charge is 2.22. The summed E-state index contributed by atoms with van der Waals surface area (Å²) in [4.78, 5) is 14.3.